The number of aromatic nitrogens is 1. The lowest BCUT2D eigenvalue weighted by Crippen LogP contribution is -2.47. The van der Waals surface area contributed by atoms with Gasteiger partial charge in [0.25, 0.3) is 5.56 Å². The number of nitrogens with one attached hydrogen (secondary N) is 1. The van der Waals surface area contributed by atoms with Crippen molar-refractivity contribution in [3.63, 3.8) is 0 Å². The highest BCUT2D eigenvalue weighted by molar-refractivity contribution is 5.93. The number of rotatable bonds is 7. The van der Waals surface area contributed by atoms with Crippen molar-refractivity contribution in [3.05, 3.63) is 34.7 Å². The summed E-state index contributed by atoms with van der Waals surface area (Å²) in [7, 11) is 0. The van der Waals surface area contributed by atoms with E-state index in [9.17, 15) is 23.6 Å². The third kappa shape index (κ3) is 6.48. The number of alkyl halides is 1. The highest BCUT2D eigenvalue weighted by Gasteiger charge is 2.28. The lowest BCUT2D eigenvalue weighted by Gasteiger charge is -2.23. The maximum atomic E-state index is 12.8. The van der Waals surface area contributed by atoms with Crippen molar-refractivity contribution in [2.75, 3.05) is 6.67 Å². The van der Waals surface area contributed by atoms with Gasteiger partial charge in [0.2, 0.25) is 5.91 Å². The maximum absolute atomic E-state index is 12.8. The molecule has 1 heterocycles. The third-order valence-corrected chi connectivity index (χ3v) is 3.28. The second-order valence-electron chi connectivity index (χ2n) is 6.57. The standard InChI is InChI=1S/C17H23FN2O5/c1-11(20-8-6-5-7-14(20)22)16(24)19-12(13(21)10-18)9-15(23)25-17(2,3)4/h5-8,11-12H,9-10H2,1-4H3,(H,19,24)/t11-,12?/m0/s1. The van der Waals surface area contributed by atoms with Crippen molar-refractivity contribution in [1.29, 1.82) is 0 Å². The van der Waals surface area contributed by atoms with Gasteiger partial charge in [0, 0.05) is 12.3 Å². The van der Waals surface area contributed by atoms with Crippen LogP contribution < -0.4 is 10.9 Å². The normalized spacial score (nSPS) is 13.6. The zero-order valence-corrected chi connectivity index (χ0v) is 14.7. The molecule has 1 amide bonds. The molecule has 25 heavy (non-hydrogen) atoms. The first-order valence-corrected chi connectivity index (χ1v) is 7.83. The molecule has 1 aromatic rings. The summed E-state index contributed by atoms with van der Waals surface area (Å²) in [5.41, 5.74) is -1.17. The topological polar surface area (TPSA) is 94.5 Å². The fraction of sp³-hybridized carbons (Fsp3) is 0.529. The summed E-state index contributed by atoms with van der Waals surface area (Å²) in [4.78, 5) is 47.6. The molecule has 1 N–H and O–H groups in total. The molecule has 0 saturated heterocycles. The minimum atomic E-state index is -1.35. The first-order chi connectivity index (χ1) is 11.5. The second kappa shape index (κ2) is 8.55. The number of ketones is 1. The van der Waals surface area contributed by atoms with E-state index >= 15 is 0 Å². The number of esters is 1. The van der Waals surface area contributed by atoms with E-state index in [1.165, 1.54) is 29.8 Å². The minimum Gasteiger partial charge on any atom is -0.460 e. The number of carbonyl (C=O) groups excluding carboxylic acids is 3. The van der Waals surface area contributed by atoms with Crippen molar-refractivity contribution in [2.24, 2.45) is 0 Å². The molecule has 0 aromatic carbocycles. The molecule has 0 bridgehead atoms. The third-order valence-electron chi connectivity index (χ3n) is 3.28. The number of halogens is 1. The van der Waals surface area contributed by atoms with Gasteiger partial charge in [-0.05, 0) is 33.8 Å². The number of hydrogen-bond acceptors (Lipinski definition) is 5. The van der Waals surface area contributed by atoms with Crippen molar-refractivity contribution in [2.45, 2.75) is 51.8 Å². The van der Waals surface area contributed by atoms with Gasteiger partial charge in [-0.1, -0.05) is 6.07 Å². The Balaban J connectivity index is 2.86. The number of pyridine rings is 1. The number of carbonyl (C=O) groups is 3. The average Bonchev–Trinajstić information content (AvgIpc) is 2.51. The Bertz CT molecular complexity index is 693. The predicted molar refractivity (Wildman–Crippen MR) is 88.8 cm³/mol. The average molecular weight is 354 g/mol. The molecule has 7 nitrogen and oxygen atoms in total. The van der Waals surface area contributed by atoms with Gasteiger partial charge in [-0.25, -0.2) is 4.39 Å². The van der Waals surface area contributed by atoms with Gasteiger partial charge in [-0.2, -0.15) is 0 Å². The van der Waals surface area contributed by atoms with Crippen LogP contribution in [0, 0.1) is 0 Å². The van der Waals surface area contributed by atoms with Gasteiger partial charge in [-0.3, -0.25) is 19.2 Å². The Labute approximate surface area is 145 Å². The van der Waals surface area contributed by atoms with Gasteiger partial charge < -0.3 is 14.6 Å². The Hall–Kier alpha value is -2.51. The lowest BCUT2D eigenvalue weighted by molar-refractivity contribution is -0.156. The van der Waals surface area contributed by atoms with Crippen molar-refractivity contribution in [1.82, 2.24) is 9.88 Å². The van der Waals surface area contributed by atoms with E-state index < -0.39 is 54.0 Å². The summed E-state index contributed by atoms with van der Waals surface area (Å²) in [6.45, 7) is 5.09. The van der Waals surface area contributed by atoms with Gasteiger partial charge in [-0.15, -0.1) is 0 Å². The summed E-state index contributed by atoms with van der Waals surface area (Å²) >= 11 is 0. The van der Waals surface area contributed by atoms with E-state index in [1.54, 1.807) is 26.8 Å². The van der Waals surface area contributed by atoms with Crippen molar-refractivity contribution in [3.8, 4) is 0 Å². The Kier molecular flexibility index (Phi) is 7.02. The van der Waals surface area contributed by atoms with Crippen LogP contribution in [0.25, 0.3) is 0 Å². The van der Waals surface area contributed by atoms with E-state index in [-0.39, 0.29) is 0 Å². The molecule has 0 aliphatic rings. The van der Waals surface area contributed by atoms with Crippen LogP contribution >= 0.6 is 0 Å². The van der Waals surface area contributed by atoms with Gasteiger partial charge >= 0.3 is 5.97 Å². The van der Waals surface area contributed by atoms with Crippen LogP contribution in [0.3, 0.4) is 0 Å². The molecule has 0 fully saturated rings. The quantitative estimate of drug-likeness (QED) is 0.742. The first kappa shape index (κ1) is 20.5. The maximum Gasteiger partial charge on any atom is 0.308 e. The molecule has 0 saturated carbocycles. The van der Waals surface area contributed by atoms with Crippen molar-refractivity contribution >= 4 is 17.7 Å². The molecule has 138 valence electrons. The number of hydrogen-bond donors (Lipinski definition) is 1. The summed E-state index contributed by atoms with van der Waals surface area (Å²) in [6, 6.07) is 2.11. The zero-order valence-electron chi connectivity index (χ0n) is 14.7. The molecule has 0 aliphatic heterocycles. The van der Waals surface area contributed by atoms with E-state index in [1.807, 2.05) is 0 Å². The van der Waals surface area contributed by atoms with E-state index in [2.05, 4.69) is 5.32 Å². The molecule has 0 radical (unpaired) electrons. The summed E-state index contributed by atoms with van der Waals surface area (Å²) in [5.74, 6) is -2.35. The number of amides is 1. The molecule has 2 atom stereocenters. The highest BCUT2D eigenvalue weighted by Crippen LogP contribution is 2.11. The molecular weight excluding hydrogens is 331 g/mol. The fourth-order valence-corrected chi connectivity index (χ4v) is 2.07. The van der Waals surface area contributed by atoms with Gasteiger partial charge in [0.15, 0.2) is 5.78 Å². The SMILES string of the molecule is C[C@@H](C(=O)NC(CC(=O)OC(C)(C)C)C(=O)CF)n1ccccc1=O. The summed E-state index contributed by atoms with van der Waals surface area (Å²) < 4.78 is 19.0. The van der Waals surface area contributed by atoms with Gasteiger partial charge in [0.1, 0.15) is 24.4 Å². The summed E-state index contributed by atoms with van der Waals surface area (Å²) in [6.07, 6.45) is 0.939. The van der Waals surface area contributed by atoms with E-state index in [0.717, 1.165) is 0 Å². The van der Waals surface area contributed by atoms with Crippen LogP contribution in [0.1, 0.15) is 40.2 Å². The van der Waals surface area contributed by atoms with Crippen LogP contribution in [0.15, 0.2) is 29.2 Å². The predicted octanol–water partition coefficient (Wildman–Crippen LogP) is 1.16. The molecule has 0 spiro atoms. The molecule has 1 rings (SSSR count). The Morgan fingerprint density at radius 1 is 1.28 bits per heavy atom. The van der Waals surface area contributed by atoms with Crippen LogP contribution in [0.5, 0.6) is 0 Å². The Morgan fingerprint density at radius 3 is 2.44 bits per heavy atom. The van der Waals surface area contributed by atoms with Crippen LogP contribution in [0.4, 0.5) is 4.39 Å². The smallest absolute Gasteiger partial charge is 0.308 e. The highest BCUT2D eigenvalue weighted by atomic mass is 19.1. The summed E-state index contributed by atoms with van der Waals surface area (Å²) in [5, 5.41) is 2.32. The van der Waals surface area contributed by atoms with E-state index in [4.69, 9.17) is 4.74 Å². The Morgan fingerprint density at radius 2 is 1.92 bits per heavy atom. The molecular formula is C17H23FN2O5. The zero-order chi connectivity index (χ0) is 19.2. The molecule has 1 unspecified atom stereocenters. The van der Waals surface area contributed by atoms with Gasteiger partial charge in [0.05, 0.1) is 6.42 Å². The van der Waals surface area contributed by atoms with Crippen LogP contribution in [-0.4, -0.2) is 40.5 Å². The van der Waals surface area contributed by atoms with Crippen LogP contribution in [0.2, 0.25) is 0 Å². The number of nitrogens with zero attached hydrogens (tertiary/aromatic N) is 1. The van der Waals surface area contributed by atoms with Crippen LogP contribution in [-0.2, 0) is 19.1 Å². The monoisotopic (exact) mass is 354 g/mol. The lowest BCUT2D eigenvalue weighted by atomic mass is 10.1. The largest absolute Gasteiger partial charge is 0.460 e. The van der Waals surface area contributed by atoms with E-state index in [0.29, 0.717) is 0 Å². The van der Waals surface area contributed by atoms with Crippen molar-refractivity contribution < 1.29 is 23.5 Å². The first-order valence-electron chi connectivity index (χ1n) is 7.83. The second-order valence-corrected chi connectivity index (χ2v) is 6.57. The molecule has 0 aliphatic carbocycles. The number of Topliss-reactive ketones (excluding diaryl/α,β-unsaturated/α-hetero) is 1. The minimum absolute atomic E-state index is 0.398. The number of ether oxygens (including phenoxy) is 1. The molecule has 8 heteroatoms. The fourth-order valence-electron chi connectivity index (χ4n) is 2.07. The molecule has 1 aromatic heterocycles.